The van der Waals surface area contributed by atoms with E-state index in [2.05, 4.69) is 10.3 Å². The quantitative estimate of drug-likeness (QED) is 0.603. The first-order valence-electron chi connectivity index (χ1n) is 9.00. The number of sulfonamides is 1. The van der Waals surface area contributed by atoms with Gasteiger partial charge < -0.3 is 5.32 Å². The second-order valence-corrected chi connectivity index (χ2v) is 10.1. The Morgan fingerprint density at radius 2 is 1.86 bits per heavy atom. The number of nitrogens with one attached hydrogen (secondary N) is 1. The molecule has 0 spiro atoms. The predicted octanol–water partition coefficient (Wildman–Crippen LogP) is 3.83. The zero-order chi connectivity index (χ0) is 21.2. The van der Waals surface area contributed by atoms with Crippen molar-refractivity contribution in [2.75, 3.05) is 25.2 Å². The number of rotatable bonds is 6. The van der Waals surface area contributed by atoms with Crippen molar-refractivity contribution in [3.63, 3.8) is 0 Å². The molecular weight excluding hydrogens is 406 g/mol. The zero-order valence-corrected chi connectivity index (χ0v) is 18.4. The standard InChI is InChI=1S/C21H23N3O3S2/c1-14-6-5-7-16(10-14)22-20(25)13-28-21-11-15(2)18-12-17(8-9-19(18)23-21)29(26,27)24(3)4/h5-12H,13H2,1-4H3,(H,22,25). The Morgan fingerprint density at radius 3 is 2.55 bits per heavy atom. The van der Waals surface area contributed by atoms with Gasteiger partial charge in [0.05, 0.1) is 21.2 Å². The molecule has 0 aliphatic heterocycles. The highest BCUT2D eigenvalue weighted by Gasteiger charge is 2.18. The number of nitrogens with zero attached hydrogens (tertiary/aromatic N) is 2. The van der Waals surface area contributed by atoms with Crippen LogP contribution in [0.5, 0.6) is 0 Å². The Bertz CT molecular complexity index is 1180. The van der Waals surface area contributed by atoms with Crippen molar-refractivity contribution in [2.45, 2.75) is 23.8 Å². The van der Waals surface area contributed by atoms with Gasteiger partial charge in [-0.1, -0.05) is 23.9 Å². The van der Waals surface area contributed by atoms with Crippen LogP contribution in [-0.2, 0) is 14.8 Å². The van der Waals surface area contributed by atoms with E-state index < -0.39 is 10.0 Å². The third kappa shape index (κ3) is 4.95. The second-order valence-electron chi connectivity index (χ2n) is 6.95. The molecule has 2 aromatic carbocycles. The van der Waals surface area contributed by atoms with Crippen LogP contribution in [-0.4, -0.2) is 43.5 Å². The number of hydrogen-bond acceptors (Lipinski definition) is 5. The van der Waals surface area contributed by atoms with Crippen LogP contribution in [0.25, 0.3) is 10.9 Å². The Labute approximate surface area is 175 Å². The van der Waals surface area contributed by atoms with Crippen molar-refractivity contribution in [3.05, 3.63) is 59.7 Å². The molecule has 1 aromatic heterocycles. The van der Waals surface area contributed by atoms with Crippen LogP contribution >= 0.6 is 11.8 Å². The maximum Gasteiger partial charge on any atom is 0.242 e. The lowest BCUT2D eigenvalue weighted by molar-refractivity contribution is -0.113. The molecule has 0 atom stereocenters. The number of aryl methyl sites for hydroxylation is 2. The van der Waals surface area contributed by atoms with Gasteiger partial charge in [0, 0.05) is 25.2 Å². The van der Waals surface area contributed by atoms with Crippen LogP contribution in [0, 0.1) is 13.8 Å². The fourth-order valence-electron chi connectivity index (χ4n) is 2.85. The van der Waals surface area contributed by atoms with E-state index in [1.165, 1.54) is 30.2 Å². The van der Waals surface area contributed by atoms with E-state index in [0.717, 1.165) is 27.2 Å². The molecule has 1 heterocycles. The smallest absolute Gasteiger partial charge is 0.242 e. The molecule has 8 heteroatoms. The summed E-state index contributed by atoms with van der Waals surface area (Å²) >= 11 is 1.35. The van der Waals surface area contributed by atoms with Crippen molar-refractivity contribution in [1.82, 2.24) is 9.29 Å². The number of fused-ring (bicyclic) bond motifs is 1. The van der Waals surface area contributed by atoms with Crippen LogP contribution < -0.4 is 5.32 Å². The highest BCUT2D eigenvalue weighted by molar-refractivity contribution is 7.99. The van der Waals surface area contributed by atoms with E-state index >= 15 is 0 Å². The summed E-state index contributed by atoms with van der Waals surface area (Å²) < 4.78 is 25.9. The number of amides is 1. The molecule has 6 nitrogen and oxygen atoms in total. The summed E-state index contributed by atoms with van der Waals surface area (Å²) in [5.74, 6) is 0.131. The van der Waals surface area contributed by atoms with E-state index in [9.17, 15) is 13.2 Å². The van der Waals surface area contributed by atoms with Crippen molar-refractivity contribution >= 4 is 44.3 Å². The van der Waals surface area contributed by atoms with E-state index in [-0.39, 0.29) is 16.6 Å². The number of hydrogen-bond donors (Lipinski definition) is 1. The Hall–Kier alpha value is -2.42. The van der Waals surface area contributed by atoms with Gasteiger partial charge in [0.1, 0.15) is 0 Å². The van der Waals surface area contributed by atoms with E-state index in [4.69, 9.17) is 0 Å². The number of carbonyl (C=O) groups excluding carboxylic acids is 1. The van der Waals surface area contributed by atoms with Gasteiger partial charge in [-0.25, -0.2) is 17.7 Å². The van der Waals surface area contributed by atoms with Crippen molar-refractivity contribution in [1.29, 1.82) is 0 Å². The van der Waals surface area contributed by atoms with Crippen LogP contribution in [0.15, 0.2) is 58.5 Å². The van der Waals surface area contributed by atoms with Crippen LogP contribution in [0.1, 0.15) is 11.1 Å². The summed E-state index contributed by atoms with van der Waals surface area (Å²) in [7, 11) is -0.490. The molecule has 0 aliphatic rings. The first-order valence-corrected chi connectivity index (χ1v) is 11.4. The summed E-state index contributed by atoms with van der Waals surface area (Å²) in [6, 6.07) is 14.4. The van der Waals surface area contributed by atoms with Gasteiger partial charge in [-0.15, -0.1) is 0 Å². The van der Waals surface area contributed by atoms with Gasteiger partial charge >= 0.3 is 0 Å². The van der Waals surface area contributed by atoms with Crippen molar-refractivity contribution < 1.29 is 13.2 Å². The first-order chi connectivity index (χ1) is 13.7. The molecule has 0 radical (unpaired) electrons. The Morgan fingerprint density at radius 1 is 1.10 bits per heavy atom. The number of carbonyl (C=O) groups is 1. The monoisotopic (exact) mass is 429 g/mol. The molecular formula is C21H23N3O3S2. The molecule has 0 saturated heterocycles. The molecule has 0 unspecified atom stereocenters. The minimum absolute atomic E-state index is 0.104. The Balaban J connectivity index is 1.76. The topological polar surface area (TPSA) is 79.4 Å². The first kappa shape index (κ1) is 21.3. The molecule has 152 valence electrons. The van der Waals surface area contributed by atoms with E-state index in [1.807, 2.05) is 44.2 Å². The van der Waals surface area contributed by atoms with Crippen molar-refractivity contribution in [2.24, 2.45) is 0 Å². The highest BCUT2D eigenvalue weighted by Crippen LogP contribution is 2.26. The number of anilines is 1. The van der Waals surface area contributed by atoms with Crippen LogP contribution in [0.2, 0.25) is 0 Å². The predicted molar refractivity (Wildman–Crippen MR) is 118 cm³/mol. The second kappa shape index (κ2) is 8.52. The van der Waals surface area contributed by atoms with Gasteiger partial charge in [-0.3, -0.25) is 4.79 Å². The highest BCUT2D eigenvalue weighted by atomic mass is 32.2. The van der Waals surface area contributed by atoms with Crippen LogP contribution in [0.4, 0.5) is 5.69 Å². The normalized spacial score (nSPS) is 11.8. The lowest BCUT2D eigenvalue weighted by Gasteiger charge is -2.13. The average Bonchev–Trinajstić information content (AvgIpc) is 2.66. The fraction of sp³-hybridized carbons (Fsp3) is 0.238. The molecule has 0 bridgehead atoms. The number of benzene rings is 2. The van der Waals surface area contributed by atoms with Crippen molar-refractivity contribution in [3.8, 4) is 0 Å². The maximum atomic E-state index is 12.4. The summed E-state index contributed by atoms with van der Waals surface area (Å²) in [5.41, 5.74) is 3.46. The Kier molecular flexibility index (Phi) is 6.26. The molecule has 1 amide bonds. The van der Waals surface area contributed by atoms with Gasteiger partial charge in [-0.2, -0.15) is 0 Å². The molecule has 0 fully saturated rings. The summed E-state index contributed by atoms with van der Waals surface area (Å²) in [4.78, 5) is 17.0. The summed E-state index contributed by atoms with van der Waals surface area (Å²) in [5, 5.41) is 4.38. The maximum absolute atomic E-state index is 12.4. The number of pyridine rings is 1. The van der Waals surface area contributed by atoms with E-state index in [0.29, 0.717) is 5.52 Å². The fourth-order valence-corrected chi connectivity index (χ4v) is 4.55. The average molecular weight is 430 g/mol. The summed E-state index contributed by atoms with van der Waals surface area (Å²) in [6.07, 6.45) is 0. The minimum atomic E-state index is -3.50. The molecule has 3 rings (SSSR count). The van der Waals surface area contributed by atoms with Gasteiger partial charge in [0.15, 0.2) is 0 Å². The SMILES string of the molecule is Cc1cccc(NC(=O)CSc2cc(C)c3cc(S(=O)(=O)N(C)C)ccc3n2)c1. The zero-order valence-electron chi connectivity index (χ0n) is 16.8. The molecule has 1 N–H and O–H groups in total. The molecule has 29 heavy (non-hydrogen) atoms. The third-order valence-electron chi connectivity index (χ3n) is 4.40. The number of thioether (sulfide) groups is 1. The molecule has 3 aromatic rings. The molecule has 0 aliphatic carbocycles. The third-order valence-corrected chi connectivity index (χ3v) is 7.12. The van der Waals surface area contributed by atoms with Crippen LogP contribution in [0.3, 0.4) is 0 Å². The summed E-state index contributed by atoms with van der Waals surface area (Å²) in [6.45, 7) is 3.88. The van der Waals surface area contributed by atoms with Gasteiger partial charge in [0.2, 0.25) is 15.9 Å². The minimum Gasteiger partial charge on any atom is -0.325 e. The van der Waals surface area contributed by atoms with Gasteiger partial charge in [-0.05, 0) is 61.4 Å². The van der Waals surface area contributed by atoms with Gasteiger partial charge in [0.25, 0.3) is 0 Å². The lowest BCUT2D eigenvalue weighted by Crippen LogP contribution is -2.22. The lowest BCUT2D eigenvalue weighted by atomic mass is 10.1. The molecule has 0 saturated carbocycles. The van der Waals surface area contributed by atoms with E-state index in [1.54, 1.807) is 18.2 Å². The number of aromatic nitrogens is 1. The largest absolute Gasteiger partial charge is 0.325 e.